The van der Waals surface area contributed by atoms with Crippen LogP contribution in [0.15, 0.2) is 30.3 Å². The first-order valence-electron chi connectivity index (χ1n) is 9.72. The van der Waals surface area contributed by atoms with E-state index in [4.69, 9.17) is 11.2 Å². The van der Waals surface area contributed by atoms with E-state index < -0.39 is 0 Å². The van der Waals surface area contributed by atoms with Crippen LogP contribution in [0.2, 0.25) is 0 Å². The van der Waals surface area contributed by atoms with Crippen molar-refractivity contribution in [3.8, 4) is 18.1 Å². The summed E-state index contributed by atoms with van der Waals surface area (Å²) in [6.45, 7) is 6.82. The number of carbonyl (C=O) groups is 1. The standard InChI is InChI=1S/C23H26N4O2/c1-5-14-29-20-8-6-19(7-9-20)12-13-24-23(28)11-10-21-17(3)25-22-15-16(2)26-27(22)18(21)4/h1,6-9,15H,10-14H2,2-4H3,(H,24,28). The van der Waals surface area contributed by atoms with E-state index in [0.717, 1.165) is 46.0 Å². The number of hydrogen-bond acceptors (Lipinski definition) is 4. The predicted octanol–water partition coefficient (Wildman–Crippen LogP) is 2.96. The molecule has 150 valence electrons. The Kier molecular flexibility index (Phi) is 6.50. The summed E-state index contributed by atoms with van der Waals surface area (Å²) in [5.41, 5.74) is 5.99. The van der Waals surface area contributed by atoms with Crippen molar-refractivity contribution in [1.82, 2.24) is 19.9 Å². The zero-order valence-corrected chi connectivity index (χ0v) is 17.2. The lowest BCUT2D eigenvalue weighted by Crippen LogP contribution is -2.26. The number of rotatable bonds is 8. The maximum atomic E-state index is 12.3. The highest BCUT2D eigenvalue weighted by atomic mass is 16.5. The van der Waals surface area contributed by atoms with Crippen LogP contribution < -0.4 is 10.1 Å². The molecule has 0 aliphatic rings. The highest BCUT2D eigenvalue weighted by Crippen LogP contribution is 2.17. The lowest BCUT2D eigenvalue weighted by molar-refractivity contribution is -0.121. The summed E-state index contributed by atoms with van der Waals surface area (Å²) in [6.07, 6.45) is 7.01. The maximum absolute atomic E-state index is 12.3. The van der Waals surface area contributed by atoms with E-state index in [1.165, 1.54) is 0 Å². The molecule has 0 bridgehead atoms. The van der Waals surface area contributed by atoms with Crippen molar-refractivity contribution < 1.29 is 9.53 Å². The van der Waals surface area contributed by atoms with Gasteiger partial charge in [0.25, 0.3) is 0 Å². The Morgan fingerprint density at radius 3 is 2.69 bits per heavy atom. The first-order chi connectivity index (χ1) is 14.0. The van der Waals surface area contributed by atoms with Crippen LogP contribution in [0.3, 0.4) is 0 Å². The highest BCUT2D eigenvalue weighted by molar-refractivity contribution is 5.76. The van der Waals surface area contributed by atoms with Crippen LogP contribution in [-0.2, 0) is 17.6 Å². The molecule has 0 saturated heterocycles. The molecule has 0 unspecified atom stereocenters. The number of carbonyl (C=O) groups excluding carboxylic acids is 1. The van der Waals surface area contributed by atoms with Crippen molar-refractivity contribution in [2.75, 3.05) is 13.2 Å². The second-order valence-corrected chi connectivity index (χ2v) is 7.05. The molecular formula is C23H26N4O2. The molecule has 1 amide bonds. The fraction of sp³-hybridized carbons (Fsp3) is 0.348. The van der Waals surface area contributed by atoms with Crippen molar-refractivity contribution >= 4 is 11.6 Å². The third-order valence-electron chi connectivity index (χ3n) is 4.87. The summed E-state index contributed by atoms with van der Waals surface area (Å²) >= 11 is 0. The Labute approximate surface area is 171 Å². The third-order valence-corrected chi connectivity index (χ3v) is 4.87. The molecule has 0 atom stereocenters. The number of nitrogens with one attached hydrogen (secondary N) is 1. The van der Waals surface area contributed by atoms with Gasteiger partial charge in [-0.25, -0.2) is 9.50 Å². The van der Waals surface area contributed by atoms with Gasteiger partial charge in [-0.15, -0.1) is 6.42 Å². The minimum absolute atomic E-state index is 0.0366. The molecule has 0 saturated carbocycles. The molecule has 29 heavy (non-hydrogen) atoms. The van der Waals surface area contributed by atoms with Gasteiger partial charge in [-0.05, 0) is 56.9 Å². The van der Waals surface area contributed by atoms with Crippen molar-refractivity contribution in [3.05, 3.63) is 58.5 Å². The minimum Gasteiger partial charge on any atom is -0.481 e. The van der Waals surface area contributed by atoms with Crippen molar-refractivity contribution in [3.63, 3.8) is 0 Å². The summed E-state index contributed by atoms with van der Waals surface area (Å²) < 4.78 is 7.21. The van der Waals surface area contributed by atoms with Gasteiger partial charge in [-0.3, -0.25) is 4.79 Å². The Morgan fingerprint density at radius 2 is 1.97 bits per heavy atom. The Hall–Kier alpha value is -3.33. The molecule has 2 aromatic heterocycles. The number of amides is 1. The normalized spacial score (nSPS) is 10.7. The Bertz CT molecular complexity index is 1050. The SMILES string of the molecule is C#CCOc1ccc(CCNC(=O)CCc2c(C)nc3cc(C)nn3c2C)cc1. The molecule has 6 nitrogen and oxygen atoms in total. The van der Waals surface area contributed by atoms with E-state index >= 15 is 0 Å². The van der Waals surface area contributed by atoms with Gasteiger partial charge in [0.15, 0.2) is 5.65 Å². The van der Waals surface area contributed by atoms with Crippen molar-refractivity contribution in [1.29, 1.82) is 0 Å². The monoisotopic (exact) mass is 390 g/mol. The van der Waals surface area contributed by atoms with Gasteiger partial charge >= 0.3 is 0 Å². The molecule has 0 fully saturated rings. The molecule has 0 aliphatic heterocycles. The Morgan fingerprint density at radius 1 is 1.21 bits per heavy atom. The molecule has 3 aromatic rings. The molecule has 0 radical (unpaired) electrons. The van der Waals surface area contributed by atoms with Crippen LogP contribution in [0.1, 0.15) is 34.6 Å². The summed E-state index contributed by atoms with van der Waals surface area (Å²) in [5.74, 6) is 3.23. The van der Waals surface area contributed by atoms with Gasteiger partial charge < -0.3 is 10.1 Å². The second-order valence-electron chi connectivity index (χ2n) is 7.05. The number of benzene rings is 1. The number of ether oxygens (including phenoxy) is 1. The highest BCUT2D eigenvalue weighted by Gasteiger charge is 2.12. The quantitative estimate of drug-likeness (QED) is 0.601. The largest absolute Gasteiger partial charge is 0.481 e. The van der Waals surface area contributed by atoms with Gasteiger partial charge in [0.2, 0.25) is 5.91 Å². The average Bonchev–Trinajstić information content (AvgIpc) is 3.07. The number of nitrogens with zero attached hydrogens (tertiary/aromatic N) is 3. The predicted molar refractivity (Wildman–Crippen MR) is 113 cm³/mol. The molecule has 6 heteroatoms. The van der Waals surface area contributed by atoms with Gasteiger partial charge in [-0.1, -0.05) is 18.1 Å². The fourth-order valence-corrected chi connectivity index (χ4v) is 3.35. The first-order valence-corrected chi connectivity index (χ1v) is 9.72. The summed E-state index contributed by atoms with van der Waals surface area (Å²) in [7, 11) is 0. The minimum atomic E-state index is 0.0366. The van der Waals surface area contributed by atoms with Crippen LogP contribution >= 0.6 is 0 Å². The molecule has 1 aromatic carbocycles. The van der Waals surface area contributed by atoms with Crippen LogP contribution in [-0.4, -0.2) is 33.7 Å². The summed E-state index contributed by atoms with van der Waals surface area (Å²) in [5, 5.41) is 7.47. The van der Waals surface area contributed by atoms with Gasteiger partial charge in [-0.2, -0.15) is 5.10 Å². The third kappa shape index (κ3) is 5.14. The first kappa shape index (κ1) is 20.4. The van der Waals surface area contributed by atoms with E-state index in [1.807, 2.05) is 55.6 Å². The molecular weight excluding hydrogens is 364 g/mol. The zero-order valence-electron chi connectivity index (χ0n) is 17.2. The van der Waals surface area contributed by atoms with Crippen LogP contribution in [0.25, 0.3) is 5.65 Å². The zero-order chi connectivity index (χ0) is 20.8. The number of aromatic nitrogens is 3. The fourth-order valence-electron chi connectivity index (χ4n) is 3.35. The van der Waals surface area contributed by atoms with E-state index in [9.17, 15) is 4.79 Å². The molecule has 2 heterocycles. The van der Waals surface area contributed by atoms with Gasteiger partial charge in [0.1, 0.15) is 12.4 Å². The van der Waals surface area contributed by atoms with E-state index in [0.29, 0.717) is 19.4 Å². The molecule has 1 N–H and O–H groups in total. The summed E-state index contributed by atoms with van der Waals surface area (Å²) in [6, 6.07) is 9.71. The molecule has 0 spiro atoms. The van der Waals surface area contributed by atoms with Crippen LogP contribution in [0, 0.1) is 33.1 Å². The average molecular weight is 390 g/mol. The van der Waals surface area contributed by atoms with Crippen molar-refractivity contribution in [2.45, 2.75) is 40.0 Å². The van der Waals surface area contributed by atoms with Crippen molar-refractivity contribution in [2.24, 2.45) is 0 Å². The number of aryl methyl sites for hydroxylation is 3. The molecule has 0 aliphatic carbocycles. The van der Waals surface area contributed by atoms with Crippen LogP contribution in [0.5, 0.6) is 5.75 Å². The lowest BCUT2D eigenvalue weighted by atomic mass is 10.1. The number of fused-ring (bicyclic) bond motifs is 1. The van der Waals surface area contributed by atoms with E-state index in [2.05, 4.69) is 21.3 Å². The van der Waals surface area contributed by atoms with Gasteiger partial charge in [0, 0.05) is 30.4 Å². The Balaban J connectivity index is 1.49. The summed E-state index contributed by atoms with van der Waals surface area (Å²) in [4.78, 5) is 16.9. The second kappa shape index (κ2) is 9.24. The number of terminal acetylenes is 1. The smallest absolute Gasteiger partial charge is 0.220 e. The molecule has 3 rings (SSSR count). The lowest BCUT2D eigenvalue weighted by Gasteiger charge is -2.11. The van der Waals surface area contributed by atoms with Gasteiger partial charge in [0.05, 0.1) is 5.69 Å². The van der Waals surface area contributed by atoms with E-state index in [-0.39, 0.29) is 12.5 Å². The number of hydrogen-bond donors (Lipinski definition) is 1. The maximum Gasteiger partial charge on any atom is 0.220 e. The van der Waals surface area contributed by atoms with E-state index in [1.54, 1.807) is 0 Å². The van der Waals surface area contributed by atoms with Crippen LogP contribution in [0.4, 0.5) is 0 Å². The topological polar surface area (TPSA) is 68.5 Å².